The number of aryl methyl sites for hydroxylation is 1. The van der Waals surface area contributed by atoms with E-state index in [1.165, 1.54) is 11.3 Å². The van der Waals surface area contributed by atoms with Crippen LogP contribution in [0.25, 0.3) is 0 Å². The van der Waals surface area contributed by atoms with Crippen molar-refractivity contribution in [3.05, 3.63) is 17.5 Å². The summed E-state index contributed by atoms with van der Waals surface area (Å²) in [6.45, 7) is 3.66. The van der Waals surface area contributed by atoms with Crippen LogP contribution in [-0.2, 0) is 20.7 Å². The first-order valence-corrected chi connectivity index (χ1v) is 9.66. The largest absolute Gasteiger partial charge is 0.458 e. The third-order valence-electron chi connectivity index (χ3n) is 6.42. The predicted octanol–water partition coefficient (Wildman–Crippen LogP) is 2.55. The molecule has 0 aromatic carbocycles. The normalized spacial score (nSPS) is 26.4. The van der Waals surface area contributed by atoms with Gasteiger partial charge in [0.25, 0.3) is 0 Å². The minimum Gasteiger partial charge on any atom is -0.458 e. The number of ether oxygens (including phenoxy) is 1. The zero-order valence-electron chi connectivity index (χ0n) is 14.9. The number of hydrogen-bond donors (Lipinski definition) is 1. The highest BCUT2D eigenvalue weighted by molar-refractivity contribution is 5.88. The van der Waals surface area contributed by atoms with E-state index in [1.54, 1.807) is 0 Å². The second-order valence-electron chi connectivity index (χ2n) is 7.76. The van der Waals surface area contributed by atoms with E-state index in [0.717, 1.165) is 58.0 Å². The summed E-state index contributed by atoms with van der Waals surface area (Å²) in [7, 11) is 0. The Morgan fingerprint density at radius 2 is 2.08 bits per heavy atom. The van der Waals surface area contributed by atoms with Gasteiger partial charge in [-0.1, -0.05) is 6.92 Å². The zero-order chi connectivity index (χ0) is 17.4. The average Bonchev–Trinajstić information content (AvgIpc) is 3.35. The van der Waals surface area contributed by atoms with Crippen molar-refractivity contribution in [2.75, 3.05) is 13.1 Å². The van der Waals surface area contributed by atoms with E-state index >= 15 is 0 Å². The van der Waals surface area contributed by atoms with Crippen molar-refractivity contribution in [3.63, 3.8) is 0 Å². The molecule has 4 rings (SSSR count). The molecule has 3 fully saturated rings. The van der Waals surface area contributed by atoms with Crippen LogP contribution in [0.5, 0.6) is 0 Å². The molecular formula is C19H27N3O3. The summed E-state index contributed by atoms with van der Waals surface area (Å²) in [5, 5.41) is 7.34. The number of aromatic amines is 1. The molecular weight excluding hydrogens is 318 g/mol. The number of nitrogens with zero attached hydrogens (tertiary/aromatic N) is 2. The van der Waals surface area contributed by atoms with Crippen molar-refractivity contribution in [2.45, 2.75) is 69.8 Å². The van der Waals surface area contributed by atoms with Gasteiger partial charge in [0.05, 0.1) is 18.5 Å². The second-order valence-corrected chi connectivity index (χ2v) is 7.76. The average molecular weight is 345 g/mol. The zero-order valence-corrected chi connectivity index (χ0v) is 14.9. The first-order chi connectivity index (χ1) is 12.1. The molecule has 3 heterocycles. The summed E-state index contributed by atoms with van der Waals surface area (Å²) in [5.41, 5.74) is 2.02. The van der Waals surface area contributed by atoms with Crippen molar-refractivity contribution in [3.8, 4) is 0 Å². The smallest absolute Gasteiger partial charge is 0.307 e. The lowest BCUT2D eigenvalue weighted by molar-refractivity contribution is -0.152. The second kappa shape index (κ2) is 6.46. The van der Waals surface area contributed by atoms with Gasteiger partial charge in [0.15, 0.2) is 0 Å². The minimum atomic E-state index is -0.496. The van der Waals surface area contributed by atoms with Crippen LogP contribution in [-0.4, -0.2) is 45.7 Å². The van der Waals surface area contributed by atoms with E-state index in [1.807, 2.05) is 11.1 Å². The van der Waals surface area contributed by atoms with Crippen molar-refractivity contribution in [1.82, 2.24) is 15.1 Å². The van der Waals surface area contributed by atoms with Crippen LogP contribution in [0.4, 0.5) is 0 Å². The summed E-state index contributed by atoms with van der Waals surface area (Å²) < 4.78 is 5.64. The fraction of sp³-hybridized carbons (Fsp3) is 0.737. The number of likely N-dealkylation sites (tertiary alicyclic amines) is 1. The number of piperidine rings is 1. The number of rotatable bonds is 3. The molecule has 2 saturated heterocycles. The van der Waals surface area contributed by atoms with Crippen LogP contribution in [0.3, 0.4) is 0 Å². The Labute approximate surface area is 148 Å². The van der Waals surface area contributed by atoms with E-state index in [2.05, 4.69) is 17.1 Å². The highest BCUT2D eigenvalue weighted by Gasteiger charge is 2.54. The van der Waals surface area contributed by atoms with Gasteiger partial charge in [-0.2, -0.15) is 5.10 Å². The molecule has 25 heavy (non-hydrogen) atoms. The van der Waals surface area contributed by atoms with E-state index in [0.29, 0.717) is 5.92 Å². The fourth-order valence-corrected chi connectivity index (χ4v) is 4.99. The Morgan fingerprint density at radius 3 is 2.76 bits per heavy atom. The Hall–Kier alpha value is -1.85. The number of esters is 1. The van der Waals surface area contributed by atoms with E-state index in [-0.39, 0.29) is 24.2 Å². The van der Waals surface area contributed by atoms with Gasteiger partial charge in [0.2, 0.25) is 5.91 Å². The molecule has 1 aliphatic carbocycles. The molecule has 0 radical (unpaired) electrons. The number of amides is 1. The highest BCUT2D eigenvalue weighted by atomic mass is 16.6. The highest BCUT2D eigenvalue weighted by Crippen LogP contribution is 2.46. The van der Waals surface area contributed by atoms with Crippen LogP contribution >= 0.6 is 0 Å². The van der Waals surface area contributed by atoms with E-state index < -0.39 is 5.60 Å². The lowest BCUT2D eigenvalue weighted by Crippen LogP contribution is -2.47. The van der Waals surface area contributed by atoms with Crippen LogP contribution < -0.4 is 0 Å². The molecule has 1 N–H and O–H groups in total. The standard InChI is InChI=1S/C19H27N3O3/c1-2-13-12-20-21-17(13)14-5-9-22(10-6-14)18(24)15-11-16(23)25-19(15)7-3-4-8-19/h12,14-15H,2-11H2,1H3,(H,20,21). The van der Waals surface area contributed by atoms with Crippen molar-refractivity contribution in [1.29, 1.82) is 0 Å². The maximum absolute atomic E-state index is 13.1. The lowest BCUT2D eigenvalue weighted by atomic mass is 9.83. The summed E-state index contributed by atoms with van der Waals surface area (Å²) >= 11 is 0. The van der Waals surface area contributed by atoms with Gasteiger partial charge in [-0.3, -0.25) is 14.7 Å². The monoisotopic (exact) mass is 345 g/mol. The summed E-state index contributed by atoms with van der Waals surface area (Å²) in [4.78, 5) is 26.9. The molecule has 1 aromatic rings. The van der Waals surface area contributed by atoms with Crippen molar-refractivity contribution < 1.29 is 14.3 Å². The summed E-state index contributed by atoms with van der Waals surface area (Å²) in [6, 6.07) is 0. The number of carbonyl (C=O) groups excluding carboxylic acids is 2. The Kier molecular flexibility index (Phi) is 4.29. The van der Waals surface area contributed by atoms with Crippen LogP contribution in [0, 0.1) is 5.92 Å². The quantitative estimate of drug-likeness (QED) is 0.854. The SMILES string of the molecule is CCc1cn[nH]c1C1CCN(C(=O)C2CC(=O)OC23CCCC3)CC1. The summed E-state index contributed by atoms with van der Waals surface area (Å²) in [6.07, 6.45) is 8.87. The molecule has 1 amide bonds. The fourth-order valence-electron chi connectivity index (χ4n) is 4.99. The molecule has 1 atom stereocenters. The maximum Gasteiger partial charge on any atom is 0.307 e. The molecule has 6 heteroatoms. The molecule has 6 nitrogen and oxygen atoms in total. The van der Waals surface area contributed by atoms with Gasteiger partial charge < -0.3 is 9.64 Å². The minimum absolute atomic E-state index is 0.131. The van der Waals surface area contributed by atoms with Gasteiger partial charge in [-0.05, 0) is 50.5 Å². The predicted molar refractivity (Wildman–Crippen MR) is 91.9 cm³/mol. The van der Waals surface area contributed by atoms with Gasteiger partial charge in [0.1, 0.15) is 5.60 Å². The van der Waals surface area contributed by atoms with Gasteiger partial charge in [-0.25, -0.2) is 0 Å². The number of hydrogen-bond acceptors (Lipinski definition) is 4. The van der Waals surface area contributed by atoms with Crippen LogP contribution in [0.2, 0.25) is 0 Å². The third kappa shape index (κ3) is 2.85. The molecule has 136 valence electrons. The number of H-pyrrole nitrogens is 1. The maximum atomic E-state index is 13.1. The van der Waals surface area contributed by atoms with Gasteiger partial charge in [-0.15, -0.1) is 0 Å². The van der Waals surface area contributed by atoms with Crippen molar-refractivity contribution >= 4 is 11.9 Å². The first kappa shape index (κ1) is 16.6. The Balaban J connectivity index is 1.42. The van der Waals surface area contributed by atoms with Crippen LogP contribution in [0.15, 0.2) is 6.20 Å². The Morgan fingerprint density at radius 1 is 1.36 bits per heavy atom. The van der Waals surface area contributed by atoms with Crippen LogP contribution in [0.1, 0.15) is 69.0 Å². The Bertz CT molecular complexity index is 655. The molecule has 3 aliphatic rings. The molecule has 1 spiro atoms. The molecule has 1 aromatic heterocycles. The first-order valence-electron chi connectivity index (χ1n) is 9.66. The topological polar surface area (TPSA) is 75.3 Å². The third-order valence-corrected chi connectivity index (χ3v) is 6.42. The molecule has 1 unspecified atom stereocenters. The van der Waals surface area contributed by atoms with Gasteiger partial charge >= 0.3 is 5.97 Å². The molecule has 0 bridgehead atoms. The lowest BCUT2D eigenvalue weighted by Gasteiger charge is -2.36. The van der Waals surface area contributed by atoms with E-state index in [4.69, 9.17) is 4.74 Å². The van der Waals surface area contributed by atoms with Gasteiger partial charge in [0, 0.05) is 24.7 Å². The number of aromatic nitrogens is 2. The molecule has 2 aliphatic heterocycles. The number of nitrogens with one attached hydrogen (secondary N) is 1. The number of carbonyl (C=O) groups is 2. The van der Waals surface area contributed by atoms with E-state index in [9.17, 15) is 9.59 Å². The summed E-state index contributed by atoms with van der Waals surface area (Å²) in [5.74, 6) is 0.118. The molecule has 1 saturated carbocycles. The van der Waals surface area contributed by atoms with Crippen molar-refractivity contribution in [2.24, 2.45) is 5.92 Å².